The Morgan fingerprint density at radius 1 is 1.31 bits per heavy atom. The van der Waals surface area contributed by atoms with Crippen molar-refractivity contribution < 1.29 is 4.79 Å². The van der Waals surface area contributed by atoms with Crippen molar-refractivity contribution in [2.24, 2.45) is 4.99 Å². The van der Waals surface area contributed by atoms with Crippen LogP contribution in [0, 0.1) is 0 Å². The Balaban J connectivity index is 0.00000300. The zero-order valence-corrected chi connectivity index (χ0v) is 20.4. The van der Waals surface area contributed by atoms with Gasteiger partial charge in [0.25, 0.3) is 0 Å². The van der Waals surface area contributed by atoms with Crippen LogP contribution in [-0.2, 0) is 11.3 Å². The molecule has 1 aliphatic rings. The van der Waals surface area contributed by atoms with Crippen LogP contribution in [-0.4, -0.2) is 73.5 Å². The number of pyridine rings is 1. The number of likely N-dealkylation sites (N-methyl/N-ethyl adjacent to an activating group) is 1. The molecule has 3 rings (SSSR count). The van der Waals surface area contributed by atoms with Crippen LogP contribution in [0.1, 0.15) is 4.88 Å². The second-order valence-electron chi connectivity index (χ2n) is 6.66. The van der Waals surface area contributed by atoms with Gasteiger partial charge in [-0.05, 0) is 17.5 Å². The second-order valence-corrected chi connectivity index (χ2v) is 8.10. The van der Waals surface area contributed by atoms with Crippen molar-refractivity contribution in [3.05, 3.63) is 45.9 Å². The molecule has 0 saturated carbocycles. The molecular formula is C19H26ClIN6OS. The van der Waals surface area contributed by atoms with Gasteiger partial charge in [-0.2, -0.15) is 0 Å². The van der Waals surface area contributed by atoms with E-state index in [1.807, 2.05) is 12.1 Å². The van der Waals surface area contributed by atoms with Gasteiger partial charge in [0.2, 0.25) is 5.91 Å². The van der Waals surface area contributed by atoms with Gasteiger partial charge in [0.15, 0.2) is 5.96 Å². The molecule has 0 bridgehead atoms. The molecule has 3 heterocycles. The van der Waals surface area contributed by atoms with E-state index in [4.69, 9.17) is 11.6 Å². The summed E-state index contributed by atoms with van der Waals surface area (Å²) < 4.78 is 0. The normalized spacial score (nSPS) is 14.4. The molecule has 0 unspecified atom stereocenters. The molecule has 0 aliphatic carbocycles. The lowest BCUT2D eigenvalue weighted by atomic mass is 10.2. The lowest BCUT2D eigenvalue weighted by Gasteiger charge is -2.38. The highest BCUT2D eigenvalue weighted by Crippen LogP contribution is 2.25. The summed E-state index contributed by atoms with van der Waals surface area (Å²) in [5, 5.41) is 6.13. The van der Waals surface area contributed by atoms with E-state index >= 15 is 0 Å². The van der Waals surface area contributed by atoms with Gasteiger partial charge in [0.1, 0.15) is 6.54 Å². The molecule has 1 aliphatic heterocycles. The average Bonchev–Trinajstić information content (AvgIpc) is 3.22. The van der Waals surface area contributed by atoms with E-state index < -0.39 is 0 Å². The van der Waals surface area contributed by atoms with E-state index in [0.717, 1.165) is 37.8 Å². The fourth-order valence-electron chi connectivity index (χ4n) is 2.91. The second kappa shape index (κ2) is 11.6. The number of thiophene rings is 1. The van der Waals surface area contributed by atoms with Crippen LogP contribution in [0.5, 0.6) is 0 Å². The van der Waals surface area contributed by atoms with Gasteiger partial charge in [0.05, 0.1) is 17.3 Å². The van der Waals surface area contributed by atoms with Crippen LogP contribution in [0.2, 0.25) is 5.02 Å². The number of carbonyl (C=O) groups is 1. The summed E-state index contributed by atoms with van der Waals surface area (Å²) in [5.41, 5.74) is 1.00. The molecule has 7 nitrogen and oxygen atoms in total. The molecule has 29 heavy (non-hydrogen) atoms. The zero-order chi connectivity index (χ0) is 19.9. The number of nitrogens with one attached hydrogen (secondary N) is 1. The van der Waals surface area contributed by atoms with Gasteiger partial charge in [-0.1, -0.05) is 17.7 Å². The number of nitrogens with zero attached hydrogens (tertiary/aromatic N) is 5. The van der Waals surface area contributed by atoms with E-state index in [-0.39, 0.29) is 36.4 Å². The minimum Gasteiger partial charge on any atom is -0.367 e. The number of piperazine rings is 1. The number of guanidine groups is 1. The van der Waals surface area contributed by atoms with Crippen molar-refractivity contribution in [3.8, 4) is 0 Å². The Kier molecular flexibility index (Phi) is 9.44. The van der Waals surface area contributed by atoms with E-state index in [0.29, 0.717) is 11.6 Å². The summed E-state index contributed by atoms with van der Waals surface area (Å²) in [5.74, 6) is 0.752. The lowest BCUT2D eigenvalue weighted by Crippen LogP contribution is -2.52. The summed E-state index contributed by atoms with van der Waals surface area (Å²) in [7, 11) is 3.49. The third kappa shape index (κ3) is 6.71. The molecular weight excluding hydrogens is 523 g/mol. The fraction of sp³-hybridized carbons (Fsp3) is 0.421. The number of halogens is 2. The van der Waals surface area contributed by atoms with Crippen LogP contribution in [0.3, 0.4) is 0 Å². The predicted molar refractivity (Wildman–Crippen MR) is 131 cm³/mol. The summed E-state index contributed by atoms with van der Waals surface area (Å²) >= 11 is 7.98. The first kappa shape index (κ1) is 23.7. The SMILES string of the molecule is CN(C)C(=O)CN=C(NCc1cccs1)N1CCN(c2ccncc2Cl)CC1.I. The molecule has 0 aromatic carbocycles. The Morgan fingerprint density at radius 2 is 2.07 bits per heavy atom. The molecule has 2 aromatic rings. The van der Waals surface area contributed by atoms with Crippen molar-refractivity contribution in [2.45, 2.75) is 6.54 Å². The quantitative estimate of drug-likeness (QED) is 0.354. The monoisotopic (exact) mass is 548 g/mol. The highest BCUT2D eigenvalue weighted by Gasteiger charge is 2.21. The van der Waals surface area contributed by atoms with Crippen LogP contribution < -0.4 is 10.2 Å². The standard InChI is InChI=1S/C19H25ClN6OS.HI/c1-24(2)18(27)14-23-19(22-12-15-4-3-11-28-15)26-9-7-25(8-10-26)17-5-6-21-13-16(17)20;/h3-6,11,13H,7-10,12,14H2,1-2H3,(H,22,23);1H. The van der Waals surface area contributed by atoms with Crippen molar-refractivity contribution in [1.29, 1.82) is 0 Å². The Bertz CT molecular complexity index is 809. The molecule has 1 saturated heterocycles. The molecule has 1 fully saturated rings. The van der Waals surface area contributed by atoms with E-state index in [1.54, 1.807) is 42.7 Å². The van der Waals surface area contributed by atoms with Crippen LogP contribution in [0.4, 0.5) is 5.69 Å². The first-order valence-corrected chi connectivity index (χ1v) is 10.4. The number of hydrogen-bond donors (Lipinski definition) is 1. The number of rotatable bonds is 5. The summed E-state index contributed by atoms with van der Waals surface area (Å²) in [6, 6.07) is 6.06. The van der Waals surface area contributed by atoms with Gasteiger partial charge < -0.3 is 20.0 Å². The Hall–Kier alpha value is -1.59. The smallest absolute Gasteiger partial charge is 0.243 e. The maximum Gasteiger partial charge on any atom is 0.243 e. The maximum absolute atomic E-state index is 12.0. The third-order valence-electron chi connectivity index (χ3n) is 4.53. The molecule has 1 amide bonds. The summed E-state index contributed by atoms with van der Waals surface area (Å²) in [6.45, 7) is 4.07. The first-order valence-electron chi connectivity index (χ1n) is 9.15. The molecule has 0 spiro atoms. The van der Waals surface area contributed by atoms with E-state index in [9.17, 15) is 4.79 Å². The Morgan fingerprint density at radius 3 is 2.69 bits per heavy atom. The van der Waals surface area contributed by atoms with Gasteiger partial charge in [0, 0.05) is 57.5 Å². The number of carbonyl (C=O) groups excluding carboxylic acids is 1. The van der Waals surface area contributed by atoms with Crippen LogP contribution in [0.25, 0.3) is 0 Å². The fourth-order valence-corrected chi connectivity index (χ4v) is 3.80. The summed E-state index contributed by atoms with van der Waals surface area (Å²) in [4.78, 5) is 27.8. The molecule has 2 aromatic heterocycles. The minimum atomic E-state index is -0.0161. The van der Waals surface area contributed by atoms with Gasteiger partial charge >= 0.3 is 0 Å². The maximum atomic E-state index is 12.0. The Labute approximate surface area is 197 Å². The molecule has 0 atom stereocenters. The highest BCUT2D eigenvalue weighted by atomic mass is 127. The molecule has 158 valence electrons. The van der Waals surface area contributed by atoms with Crippen molar-refractivity contribution in [2.75, 3.05) is 51.7 Å². The summed E-state index contributed by atoms with van der Waals surface area (Å²) in [6.07, 6.45) is 3.43. The van der Waals surface area contributed by atoms with Gasteiger partial charge in [-0.25, -0.2) is 4.99 Å². The largest absolute Gasteiger partial charge is 0.367 e. The van der Waals surface area contributed by atoms with Crippen LogP contribution in [0.15, 0.2) is 41.0 Å². The number of anilines is 1. The lowest BCUT2D eigenvalue weighted by molar-refractivity contribution is -0.127. The average molecular weight is 549 g/mol. The van der Waals surface area contributed by atoms with Gasteiger partial charge in [-0.3, -0.25) is 9.78 Å². The minimum absolute atomic E-state index is 0. The number of amides is 1. The highest BCUT2D eigenvalue weighted by molar-refractivity contribution is 14.0. The van der Waals surface area contributed by atoms with E-state index in [1.165, 1.54) is 4.88 Å². The zero-order valence-electron chi connectivity index (χ0n) is 16.5. The van der Waals surface area contributed by atoms with Gasteiger partial charge in [-0.15, -0.1) is 35.3 Å². The van der Waals surface area contributed by atoms with Crippen molar-refractivity contribution in [1.82, 2.24) is 20.1 Å². The predicted octanol–water partition coefficient (Wildman–Crippen LogP) is 2.77. The first-order chi connectivity index (χ1) is 13.5. The molecule has 10 heteroatoms. The molecule has 1 N–H and O–H groups in total. The number of hydrogen-bond acceptors (Lipinski definition) is 5. The number of aromatic nitrogens is 1. The van der Waals surface area contributed by atoms with Crippen molar-refractivity contribution >= 4 is 64.5 Å². The third-order valence-corrected chi connectivity index (χ3v) is 5.70. The van der Waals surface area contributed by atoms with E-state index in [2.05, 4.69) is 36.5 Å². The van der Waals surface area contributed by atoms with Crippen molar-refractivity contribution in [3.63, 3.8) is 0 Å². The topological polar surface area (TPSA) is 64.1 Å². The molecule has 0 radical (unpaired) electrons. The number of aliphatic imine (C=N–C) groups is 1. The van der Waals surface area contributed by atoms with Crippen LogP contribution >= 0.6 is 46.9 Å².